The molecular weight excluding hydrogens is 675 g/mol. The molecule has 0 spiro atoms. The fourth-order valence-corrected chi connectivity index (χ4v) is 5.80. The van der Waals surface area contributed by atoms with E-state index in [0.29, 0.717) is 17.5 Å². The van der Waals surface area contributed by atoms with Crippen LogP contribution in [0.25, 0.3) is 45.4 Å². The third-order valence-corrected chi connectivity index (χ3v) is 10.7. The number of aliphatic hydroxyl groups is 1. The second kappa shape index (κ2) is 14.7. The van der Waals surface area contributed by atoms with Crippen LogP contribution in [0.2, 0.25) is 0 Å². The Bertz CT molecular complexity index is 1980. The van der Waals surface area contributed by atoms with Gasteiger partial charge in [-0.05, 0) is 108 Å². The molecule has 6 nitrogen and oxygen atoms in total. The van der Waals surface area contributed by atoms with Gasteiger partial charge in [-0.15, -0.1) is 0 Å². The maximum absolute atomic E-state index is 10.5. The lowest BCUT2D eigenvalue weighted by molar-refractivity contribution is -0.0893. The van der Waals surface area contributed by atoms with Gasteiger partial charge in [0.1, 0.15) is 0 Å². The maximum Gasteiger partial charge on any atom is 0.330 e. The predicted molar refractivity (Wildman–Crippen MR) is 231 cm³/mol. The van der Waals surface area contributed by atoms with Gasteiger partial charge in [0, 0.05) is 28.5 Å². The number of nitrogens with zero attached hydrogens (tertiary/aromatic N) is 4. The SMILES string of the molecule is CC(C)(C)c1cc(-c2nc(-c3ccc(-c4ccc([B]OC(C)(C)C(C)(C)O)cc4)nc3)nc(-c3cc(C(C)(C)C)cc(C(C)(C)C)c3)n2)cc(C(C)(C)C)c1. The molecule has 0 unspecified atom stereocenters. The molecule has 0 saturated carbocycles. The van der Waals surface area contributed by atoms with Crippen molar-refractivity contribution < 1.29 is 9.76 Å². The van der Waals surface area contributed by atoms with Gasteiger partial charge in [0.15, 0.2) is 17.5 Å². The third-order valence-electron chi connectivity index (χ3n) is 10.7. The van der Waals surface area contributed by atoms with Crippen LogP contribution in [0, 0.1) is 0 Å². The lowest BCUT2D eigenvalue weighted by Crippen LogP contribution is -2.49. The van der Waals surface area contributed by atoms with Gasteiger partial charge in [-0.1, -0.05) is 125 Å². The van der Waals surface area contributed by atoms with Gasteiger partial charge in [-0.25, -0.2) is 15.0 Å². The molecule has 2 heterocycles. The Kier molecular flexibility index (Phi) is 11.2. The molecule has 0 aliphatic rings. The normalized spacial score (nSPS) is 13.3. The van der Waals surface area contributed by atoms with Crippen LogP contribution in [0.4, 0.5) is 0 Å². The van der Waals surface area contributed by atoms with Crippen LogP contribution >= 0.6 is 0 Å². The standard InChI is InChI=1S/C48H62BN4O2/c1-43(2,3)34-23-32(24-35(27-34)44(4,5)6)41-51-40(52-42(53-41)33-25-36(45(7,8)9)28-37(26-33)46(10,11)12)31-19-22-39(50-29-31)30-17-20-38(21-18-30)49-55-48(15,16)47(13,14)54/h17-29,54H,1-16H3. The van der Waals surface area contributed by atoms with E-state index in [1.165, 1.54) is 22.3 Å². The Morgan fingerprint density at radius 1 is 0.455 bits per heavy atom. The summed E-state index contributed by atoms with van der Waals surface area (Å²) in [5.41, 5.74) is 8.45. The molecule has 1 radical (unpaired) electrons. The van der Waals surface area contributed by atoms with E-state index in [0.717, 1.165) is 33.4 Å². The first-order chi connectivity index (χ1) is 25.1. The Morgan fingerprint density at radius 3 is 1.15 bits per heavy atom. The van der Waals surface area contributed by atoms with Crippen LogP contribution in [-0.2, 0) is 26.3 Å². The third kappa shape index (κ3) is 9.98. The minimum absolute atomic E-state index is 0.0622. The molecule has 0 amide bonds. The van der Waals surface area contributed by atoms with E-state index in [-0.39, 0.29) is 21.7 Å². The highest BCUT2D eigenvalue weighted by Gasteiger charge is 2.35. The lowest BCUT2D eigenvalue weighted by atomic mass is 9.79. The zero-order valence-electron chi connectivity index (χ0n) is 36.2. The van der Waals surface area contributed by atoms with Crippen molar-refractivity contribution in [1.82, 2.24) is 19.9 Å². The first-order valence-electron chi connectivity index (χ1n) is 19.5. The number of aromatic nitrogens is 4. The monoisotopic (exact) mass is 737 g/mol. The van der Waals surface area contributed by atoms with E-state index in [1.807, 2.05) is 56.4 Å². The smallest absolute Gasteiger partial charge is 0.330 e. The fourth-order valence-electron chi connectivity index (χ4n) is 5.80. The molecule has 0 saturated heterocycles. The molecule has 0 aliphatic heterocycles. The van der Waals surface area contributed by atoms with Crippen molar-refractivity contribution in [2.75, 3.05) is 0 Å². The van der Waals surface area contributed by atoms with Gasteiger partial charge < -0.3 is 9.76 Å². The molecule has 3 aromatic carbocycles. The molecule has 0 fully saturated rings. The number of benzene rings is 3. The van der Waals surface area contributed by atoms with Crippen molar-refractivity contribution in [3.05, 3.63) is 101 Å². The number of hydrogen-bond acceptors (Lipinski definition) is 6. The number of pyridine rings is 1. The van der Waals surface area contributed by atoms with E-state index in [1.54, 1.807) is 21.3 Å². The maximum atomic E-state index is 10.5. The van der Waals surface area contributed by atoms with E-state index in [2.05, 4.69) is 119 Å². The van der Waals surface area contributed by atoms with E-state index < -0.39 is 11.2 Å². The van der Waals surface area contributed by atoms with Gasteiger partial charge >= 0.3 is 7.48 Å². The van der Waals surface area contributed by atoms with Crippen molar-refractivity contribution in [3.63, 3.8) is 0 Å². The highest BCUT2D eigenvalue weighted by Crippen LogP contribution is 2.37. The summed E-state index contributed by atoms with van der Waals surface area (Å²) in [6.45, 7) is 34.3. The summed E-state index contributed by atoms with van der Waals surface area (Å²) in [6.07, 6.45) is 1.85. The fraction of sp³-hybridized carbons (Fsp3) is 0.458. The average Bonchev–Trinajstić information content (AvgIpc) is 3.08. The van der Waals surface area contributed by atoms with Gasteiger partial charge in [0.2, 0.25) is 0 Å². The average molecular weight is 738 g/mol. The summed E-state index contributed by atoms with van der Waals surface area (Å²) < 4.78 is 5.96. The highest BCUT2D eigenvalue weighted by molar-refractivity contribution is 6.47. The number of hydrogen-bond donors (Lipinski definition) is 1. The predicted octanol–water partition coefficient (Wildman–Crippen LogP) is 10.9. The summed E-state index contributed by atoms with van der Waals surface area (Å²) in [5.74, 6) is 1.86. The molecule has 5 rings (SSSR count). The lowest BCUT2D eigenvalue weighted by Gasteiger charge is -2.37. The largest absolute Gasteiger partial charge is 0.427 e. The first-order valence-corrected chi connectivity index (χ1v) is 19.5. The van der Waals surface area contributed by atoms with Crippen molar-refractivity contribution in [2.24, 2.45) is 0 Å². The molecule has 1 N–H and O–H groups in total. The highest BCUT2D eigenvalue weighted by atomic mass is 16.5. The second-order valence-corrected chi connectivity index (χ2v) is 20.3. The second-order valence-electron chi connectivity index (χ2n) is 20.3. The Hall–Kier alpha value is -4.20. The van der Waals surface area contributed by atoms with Gasteiger partial charge in [0.25, 0.3) is 0 Å². The van der Waals surface area contributed by atoms with Gasteiger partial charge in [0.05, 0.1) is 16.9 Å². The van der Waals surface area contributed by atoms with Crippen molar-refractivity contribution in [2.45, 2.75) is 144 Å². The van der Waals surface area contributed by atoms with E-state index in [4.69, 9.17) is 24.6 Å². The van der Waals surface area contributed by atoms with E-state index >= 15 is 0 Å². The summed E-state index contributed by atoms with van der Waals surface area (Å²) in [7, 11) is 1.69. The number of rotatable bonds is 8. The van der Waals surface area contributed by atoms with E-state index in [9.17, 15) is 5.11 Å². The van der Waals surface area contributed by atoms with Crippen LogP contribution in [-0.4, -0.2) is 43.7 Å². The Labute approximate surface area is 331 Å². The molecular formula is C48H62BN4O2. The molecule has 55 heavy (non-hydrogen) atoms. The quantitative estimate of drug-likeness (QED) is 0.160. The zero-order valence-corrected chi connectivity index (χ0v) is 36.2. The van der Waals surface area contributed by atoms with Crippen LogP contribution in [0.15, 0.2) is 79.0 Å². The van der Waals surface area contributed by atoms with Crippen molar-refractivity contribution in [1.29, 1.82) is 0 Å². The molecule has 0 aliphatic carbocycles. The molecule has 0 bridgehead atoms. The van der Waals surface area contributed by atoms with Crippen LogP contribution in [0.5, 0.6) is 0 Å². The topological polar surface area (TPSA) is 81.0 Å². The minimum Gasteiger partial charge on any atom is -0.427 e. The molecule has 0 atom stereocenters. The molecule has 5 aromatic rings. The van der Waals surface area contributed by atoms with Crippen LogP contribution in [0.3, 0.4) is 0 Å². The van der Waals surface area contributed by atoms with Crippen LogP contribution < -0.4 is 5.46 Å². The minimum atomic E-state index is -0.993. The van der Waals surface area contributed by atoms with Gasteiger partial charge in [-0.2, -0.15) is 0 Å². The summed E-state index contributed by atoms with van der Waals surface area (Å²) in [5, 5.41) is 10.5. The summed E-state index contributed by atoms with van der Waals surface area (Å²) in [6, 6.07) is 25.7. The summed E-state index contributed by atoms with van der Waals surface area (Å²) in [4.78, 5) is 20.5. The summed E-state index contributed by atoms with van der Waals surface area (Å²) >= 11 is 0. The Balaban J connectivity index is 1.62. The van der Waals surface area contributed by atoms with Crippen molar-refractivity contribution >= 4 is 12.9 Å². The Morgan fingerprint density at radius 2 is 0.818 bits per heavy atom. The first kappa shape index (κ1) is 42.0. The molecule has 2 aromatic heterocycles. The van der Waals surface area contributed by atoms with Crippen molar-refractivity contribution in [3.8, 4) is 45.4 Å². The van der Waals surface area contributed by atoms with Crippen LogP contribution in [0.1, 0.15) is 133 Å². The zero-order chi connectivity index (χ0) is 40.9. The molecule has 7 heteroatoms. The van der Waals surface area contributed by atoms with Gasteiger partial charge in [-0.3, -0.25) is 4.98 Å². The molecule has 289 valence electrons.